The predicted molar refractivity (Wildman–Crippen MR) is 126 cm³/mol. The summed E-state index contributed by atoms with van der Waals surface area (Å²) in [7, 11) is 3.21. The fraction of sp³-hybridized carbons (Fsp3) is 0.125. The van der Waals surface area contributed by atoms with Crippen LogP contribution in [0.3, 0.4) is 0 Å². The second-order valence-electron chi connectivity index (χ2n) is 6.99. The molecule has 4 rings (SSSR count). The van der Waals surface area contributed by atoms with Crippen molar-refractivity contribution in [3.63, 3.8) is 0 Å². The summed E-state index contributed by atoms with van der Waals surface area (Å²) in [6.45, 7) is 0. The molecule has 0 aromatic heterocycles. The number of carbonyl (C=O) groups excluding carboxylic acids is 1. The Bertz CT molecular complexity index is 1270. The minimum absolute atomic E-state index is 0.0480. The fourth-order valence-electron chi connectivity index (χ4n) is 3.36. The maximum absolute atomic E-state index is 12.5. The molecule has 7 nitrogen and oxygen atoms in total. The van der Waals surface area contributed by atoms with Crippen LogP contribution in [0.25, 0.3) is 16.8 Å². The van der Waals surface area contributed by atoms with E-state index in [0.29, 0.717) is 27.1 Å². The molecular formula is C24H20N2O5S. The van der Waals surface area contributed by atoms with Crippen molar-refractivity contribution in [2.45, 2.75) is 6.42 Å². The van der Waals surface area contributed by atoms with Crippen molar-refractivity contribution in [3.8, 4) is 11.5 Å². The number of hydrogen-bond donors (Lipinski definition) is 2. The lowest BCUT2D eigenvalue weighted by molar-refractivity contribution is -0.136. The normalized spacial score (nSPS) is 15.9. The second kappa shape index (κ2) is 9.15. The number of hydrogen-bond acceptors (Lipinski definition) is 6. The van der Waals surface area contributed by atoms with Crippen molar-refractivity contribution >= 4 is 51.3 Å². The minimum atomic E-state index is -0.890. The van der Waals surface area contributed by atoms with Gasteiger partial charge in [0.2, 0.25) is 0 Å². The van der Waals surface area contributed by atoms with Gasteiger partial charge < -0.3 is 19.9 Å². The smallest absolute Gasteiger partial charge is 0.307 e. The fourth-order valence-corrected chi connectivity index (χ4v) is 4.19. The van der Waals surface area contributed by atoms with Gasteiger partial charge in [0, 0.05) is 10.9 Å². The van der Waals surface area contributed by atoms with Crippen LogP contribution in [0.2, 0.25) is 0 Å². The number of fused-ring (bicyclic) bond motifs is 1. The molecule has 0 aliphatic carbocycles. The third-order valence-corrected chi connectivity index (χ3v) is 5.78. The molecule has 3 aromatic carbocycles. The van der Waals surface area contributed by atoms with Crippen molar-refractivity contribution in [1.29, 1.82) is 0 Å². The maximum Gasteiger partial charge on any atom is 0.307 e. The molecule has 1 fully saturated rings. The molecule has 0 saturated carbocycles. The first-order valence-corrected chi connectivity index (χ1v) is 10.5. The van der Waals surface area contributed by atoms with Crippen LogP contribution in [0.1, 0.15) is 11.1 Å². The number of thioether (sulfide) groups is 1. The van der Waals surface area contributed by atoms with Gasteiger partial charge in [-0.2, -0.15) is 0 Å². The number of nitrogens with one attached hydrogen (secondary N) is 1. The van der Waals surface area contributed by atoms with Crippen LogP contribution in [0, 0.1) is 0 Å². The molecule has 2 N–H and O–H groups in total. The number of ether oxygens (including phenoxy) is 2. The van der Waals surface area contributed by atoms with E-state index >= 15 is 0 Å². The lowest BCUT2D eigenvalue weighted by atomic mass is 10.0. The molecule has 0 radical (unpaired) electrons. The molecule has 162 valence electrons. The molecule has 0 atom stereocenters. The molecule has 1 aliphatic rings. The number of amidine groups is 1. The van der Waals surface area contributed by atoms with Crippen molar-refractivity contribution in [1.82, 2.24) is 5.32 Å². The Kier molecular flexibility index (Phi) is 6.13. The van der Waals surface area contributed by atoms with Crippen LogP contribution in [0.5, 0.6) is 11.5 Å². The molecule has 1 saturated heterocycles. The van der Waals surface area contributed by atoms with Gasteiger partial charge in [-0.05, 0) is 59.1 Å². The largest absolute Gasteiger partial charge is 0.496 e. The van der Waals surface area contributed by atoms with Gasteiger partial charge >= 0.3 is 5.97 Å². The third-order valence-electron chi connectivity index (χ3n) is 4.87. The van der Waals surface area contributed by atoms with E-state index in [9.17, 15) is 9.59 Å². The zero-order valence-electron chi connectivity index (χ0n) is 17.4. The van der Waals surface area contributed by atoms with E-state index in [2.05, 4.69) is 10.3 Å². The molecule has 8 heteroatoms. The Hall–Kier alpha value is -3.78. The standard InChI is InChI=1S/C24H20N2O5S/c1-30-19-5-3-4-15-12-20(31-2)16(11-18(15)19)13-21-23(29)26-24(32-21)25-17-8-6-14(7-9-17)10-22(27)28/h3-9,11-13H,10H2,1-2H3,(H,27,28)(H,25,26,29)/b21-13-. The van der Waals surface area contributed by atoms with Gasteiger partial charge in [-0.25, -0.2) is 4.99 Å². The number of amides is 1. The maximum atomic E-state index is 12.5. The van der Waals surface area contributed by atoms with Crippen molar-refractivity contribution in [2.75, 3.05) is 14.2 Å². The highest BCUT2D eigenvalue weighted by Crippen LogP contribution is 2.35. The third kappa shape index (κ3) is 4.60. The van der Waals surface area contributed by atoms with Gasteiger partial charge in [-0.1, -0.05) is 24.3 Å². The van der Waals surface area contributed by atoms with E-state index in [0.717, 1.165) is 22.1 Å². The summed E-state index contributed by atoms with van der Waals surface area (Å²) in [6.07, 6.45) is 1.72. The van der Waals surface area contributed by atoms with Crippen molar-refractivity contribution < 1.29 is 24.2 Å². The Morgan fingerprint density at radius 1 is 1.09 bits per heavy atom. The average molecular weight is 449 g/mol. The topological polar surface area (TPSA) is 97.2 Å². The summed E-state index contributed by atoms with van der Waals surface area (Å²) in [4.78, 5) is 28.3. The Balaban J connectivity index is 1.62. The molecule has 32 heavy (non-hydrogen) atoms. The number of methoxy groups -OCH3 is 2. The summed E-state index contributed by atoms with van der Waals surface area (Å²) in [5.41, 5.74) is 2.06. The van der Waals surface area contributed by atoms with Crippen LogP contribution in [-0.2, 0) is 16.0 Å². The quantitative estimate of drug-likeness (QED) is 0.544. The predicted octanol–water partition coefficient (Wildman–Crippen LogP) is 4.38. The van der Waals surface area contributed by atoms with E-state index < -0.39 is 5.97 Å². The first-order valence-electron chi connectivity index (χ1n) is 9.72. The summed E-state index contributed by atoms with van der Waals surface area (Å²) >= 11 is 1.23. The monoisotopic (exact) mass is 448 g/mol. The second-order valence-corrected chi connectivity index (χ2v) is 8.02. The summed E-state index contributed by atoms with van der Waals surface area (Å²) in [5.74, 6) is 0.241. The summed E-state index contributed by atoms with van der Waals surface area (Å²) < 4.78 is 11.0. The Labute approximate surface area is 188 Å². The van der Waals surface area contributed by atoms with Crippen LogP contribution < -0.4 is 14.8 Å². The van der Waals surface area contributed by atoms with Crippen LogP contribution in [0.4, 0.5) is 5.69 Å². The van der Waals surface area contributed by atoms with Gasteiger partial charge in [-0.15, -0.1) is 0 Å². The minimum Gasteiger partial charge on any atom is -0.496 e. The van der Waals surface area contributed by atoms with Crippen molar-refractivity contribution in [3.05, 3.63) is 70.6 Å². The first-order chi connectivity index (χ1) is 15.5. The first kappa shape index (κ1) is 21.5. The van der Waals surface area contributed by atoms with Gasteiger partial charge in [-0.3, -0.25) is 9.59 Å². The van der Waals surface area contributed by atoms with Crippen LogP contribution in [0.15, 0.2) is 64.5 Å². The zero-order valence-corrected chi connectivity index (χ0v) is 18.2. The Morgan fingerprint density at radius 2 is 1.84 bits per heavy atom. The number of carboxylic acid groups (broad SMARTS) is 1. The SMILES string of the molecule is COc1cc2cccc(OC)c2cc1/C=C1\SC(=Nc2ccc(CC(=O)O)cc2)NC1=O. The Morgan fingerprint density at radius 3 is 2.53 bits per heavy atom. The highest BCUT2D eigenvalue weighted by molar-refractivity contribution is 8.18. The zero-order chi connectivity index (χ0) is 22.7. The number of carboxylic acids is 1. The van der Waals surface area contributed by atoms with E-state index in [1.54, 1.807) is 44.6 Å². The molecule has 1 amide bonds. The molecule has 0 spiro atoms. The molecule has 0 bridgehead atoms. The number of aliphatic imine (C=N–C) groups is 1. The molecule has 3 aromatic rings. The van der Waals surface area contributed by atoms with Crippen LogP contribution >= 0.6 is 11.8 Å². The van der Waals surface area contributed by atoms with E-state index in [1.807, 2.05) is 30.3 Å². The van der Waals surface area contributed by atoms with E-state index in [1.165, 1.54) is 11.8 Å². The number of carbonyl (C=O) groups is 2. The van der Waals surface area contributed by atoms with Gasteiger partial charge in [0.15, 0.2) is 5.17 Å². The number of nitrogens with zero attached hydrogens (tertiary/aromatic N) is 1. The molecular weight excluding hydrogens is 428 g/mol. The van der Waals surface area contributed by atoms with Crippen LogP contribution in [-0.4, -0.2) is 36.4 Å². The van der Waals surface area contributed by atoms with E-state index in [-0.39, 0.29) is 12.3 Å². The highest BCUT2D eigenvalue weighted by atomic mass is 32.2. The summed E-state index contributed by atoms with van der Waals surface area (Å²) in [6, 6.07) is 16.5. The van der Waals surface area contributed by atoms with E-state index in [4.69, 9.17) is 14.6 Å². The molecule has 1 heterocycles. The molecule has 1 aliphatic heterocycles. The highest BCUT2D eigenvalue weighted by Gasteiger charge is 2.24. The van der Waals surface area contributed by atoms with Gasteiger partial charge in [0.1, 0.15) is 11.5 Å². The van der Waals surface area contributed by atoms with Gasteiger partial charge in [0.05, 0.1) is 31.2 Å². The van der Waals surface area contributed by atoms with Gasteiger partial charge in [0.25, 0.3) is 5.91 Å². The summed E-state index contributed by atoms with van der Waals surface area (Å²) in [5, 5.41) is 14.0. The average Bonchev–Trinajstić information content (AvgIpc) is 3.12. The lowest BCUT2D eigenvalue weighted by Crippen LogP contribution is -2.19. The number of rotatable bonds is 6. The lowest BCUT2D eigenvalue weighted by Gasteiger charge is -2.10. The molecule has 0 unspecified atom stereocenters. The van der Waals surface area contributed by atoms with Crippen molar-refractivity contribution in [2.24, 2.45) is 4.99 Å². The number of aliphatic carboxylic acids is 1. The number of benzene rings is 3.